The highest BCUT2D eigenvalue weighted by Gasteiger charge is 2.14. The van der Waals surface area contributed by atoms with Gasteiger partial charge in [-0.05, 0) is 71.5 Å². The third-order valence-electron chi connectivity index (χ3n) is 4.52. The summed E-state index contributed by atoms with van der Waals surface area (Å²) in [6.45, 7) is 0.858. The first-order valence-corrected chi connectivity index (χ1v) is 8.81. The van der Waals surface area contributed by atoms with Crippen LogP contribution in [0.5, 0.6) is 0 Å². The highest BCUT2D eigenvalue weighted by molar-refractivity contribution is 6.15. The van der Waals surface area contributed by atoms with Crippen molar-refractivity contribution in [3.05, 3.63) is 95.6 Å². The Kier molecular flexibility index (Phi) is 4.69. The SMILES string of the molecule is Fc1ccc(-c2cccc(/C=C3/CCCN=C3c3cccnc3)c2)cc1. The van der Waals surface area contributed by atoms with Crippen molar-refractivity contribution in [3.63, 3.8) is 0 Å². The zero-order valence-corrected chi connectivity index (χ0v) is 14.4. The molecule has 2 heterocycles. The largest absolute Gasteiger partial charge is 0.284 e. The molecule has 2 aromatic carbocycles. The number of aromatic nitrogens is 1. The number of nitrogens with zero attached hydrogens (tertiary/aromatic N) is 2. The number of hydrogen-bond donors (Lipinski definition) is 0. The molecule has 0 radical (unpaired) electrons. The van der Waals surface area contributed by atoms with E-state index in [1.54, 1.807) is 6.20 Å². The van der Waals surface area contributed by atoms with Crippen molar-refractivity contribution < 1.29 is 4.39 Å². The molecule has 2 nitrogen and oxygen atoms in total. The van der Waals surface area contributed by atoms with E-state index in [0.29, 0.717) is 0 Å². The van der Waals surface area contributed by atoms with E-state index < -0.39 is 0 Å². The molecule has 128 valence electrons. The molecule has 0 saturated heterocycles. The number of aliphatic imine (C=N–C) groups is 1. The predicted octanol–water partition coefficient (Wildman–Crippen LogP) is 5.55. The fourth-order valence-corrected chi connectivity index (χ4v) is 3.25. The van der Waals surface area contributed by atoms with Crippen molar-refractivity contribution in [2.45, 2.75) is 12.8 Å². The molecule has 26 heavy (non-hydrogen) atoms. The third kappa shape index (κ3) is 3.62. The van der Waals surface area contributed by atoms with E-state index in [4.69, 9.17) is 4.99 Å². The molecule has 1 aliphatic rings. The second kappa shape index (κ2) is 7.44. The number of allylic oxidation sites excluding steroid dienone is 1. The van der Waals surface area contributed by atoms with Gasteiger partial charge < -0.3 is 0 Å². The summed E-state index contributed by atoms with van der Waals surface area (Å²) in [4.78, 5) is 8.96. The summed E-state index contributed by atoms with van der Waals surface area (Å²) in [7, 11) is 0. The van der Waals surface area contributed by atoms with Crippen LogP contribution in [0.3, 0.4) is 0 Å². The second-order valence-corrected chi connectivity index (χ2v) is 6.38. The van der Waals surface area contributed by atoms with Gasteiger partial charge in [-0.2, -0.15) is 0 Å². The minimum atomic E-state index is -0.216. The first-order valence-electron chi connectivity index (χ1n) is 8.81. The topological polar surface area (TPSA) is 25.2 Å². The third-order valence-corrected chi connectivity index (χ3v) is 4.52. The number of halogens is 1. The molecule has 0 N–H and O–H groups in total. The van der Waals surface area contributed by atoms with Crippen LogP contribution in [0.25, 0.3) is 17.2 Å². The summed E-state index contributed by atoms with van der Waals surface area (Å²) < 4.78 is 13.2. The van der Waals surface area contributed by atoms with E-state index in [0.717, 1.165) is 47.4 Å². The van der Waals surface area contributed by atoms with E-state index in [9.17, 15) is 4.39 Å². The van der Waals surface area contributed by atoms with Crippen LogP contribution in [0, 0.1) is 5.82 Å². The van der Waals surface area contributed by atoms with Gasteiger partial charge in [0.05, 0.1) is 5.71 Å². The Morgan fingerprint density at radius 3 is 2.54 bits per heavy atom. The molecule has 0 aliphatic carbocycles. The maximum atomic E-state index is 13.2. The number of hydrogen-bond acceptors (Lipinski definition) is 2. The quantitative estimate of drug-likeness (QED) is 0.612. The lowest BCUT2D eigenvalue weighted by molar-refractivity contribution is 0.628. The van der Waals surface area contributed by atoms with E-state index >= 15 is 0 Å². The van der Waals surface area contributed by atoms with Gasteiger partial charge in [-0.15, -0.1) is 0 Å². The van der Waals surface area contributed by atoms with Crippen LogP contribution >= 0.6 is 0 Å². The van der Waals surface area contributed by atoms with Crippen LogP contribution in [0.2, 0.25) is 0 Å². The van der Waals surface area contributed by atoms with Crippen molar-refractivity contribution >= 4 is 11.8 Å². The van der Waals surface area contributed by atoms with Crippen LogP contribution in [0.1, 0.15) is 24.0 Å². The Morgan fingerprint density at radius 2 is 1.73 bits per heavy atom. The number of pyridine rings is 1. The van der Waals surface area contributed by atoms with E-state index in [2.05, 4.69) is 29.3 Å². The Hall–Kier alpha value is -3.07. The molecule has 0 bridgehead atoms. The standard InChI is InChI=1S/C23H19FN2/c24-22-10-8-18(9-11-22)19-5-1-4-17(14-19)15-20-6-3-13-26-23(20)21-7-2-12-25-16-21/h1-2,4-5,7-12,14-16H,3,6,13H2/b20-15-. The molecule has 1 aliphatic heterocycles. The van der Waals surface area contributed by atoms with Crippen molar-refractivity contribution in [3.8, 4) is 11.1 Å². The van der Waals surface area contributed by atoms with Crippen LogP contribution in [-0.2, 0) is 0 Å². The summed E-state index contributed by atoms with van der Waals surface area (Å²) in [6, 6.07) is 18.9. The van der Waals surface area contributed by atoms with Gasteiger partial charge in [-0.25, -0.2) is 4.39 Å². The molecule has 0 amide bonds. The van der Waals surface area contributed by atoms with Gasteiger partial charge in [0.1, 0.15) is 5.82 Å². The summed E-state index contributed by atoms with van der Waals surface area (Å²) >= 11 is 0. The molecule has 0 fully saturated rings. The summed E-state index contributed by atoms with van der Waals surface area (Å²) in [5.41, 5.74) is 6.55. The highest BCUT2D eigenvalue weighted by atomic mass is 19.1. The smallest absolute Gasteiger partial charge is 0.123 e. The molecule has 0 unspecified atom stereocenters. The van der Waals surface area contributed by atoms with Gasteiger partial charge in [0.2, 0.25) is 0 Å². The Bertz CT molecular complexity index is 957. The van der Waals surface area contributed by atoms with Crippen molar-refractivity contribution in [1.29, 1.82) is 0 Å². The average molecular weight is 342 g/mol. The molecule has 3 aromatic rings. The predicted molar refractivity (Wildman–Crippen MR) is 105 cm³/mol. The van der Waals surface area contributed by atoms with Gasteiger partial charge >= 0.3 is 0 Å². The minimum Gasteiger partial charge on any atom is -0.284 e. The van der Waals surface area contributed by atoms with Crippen LogP contribution in [0.15, 0.2) is 83.6 Å². The van der Waals surface area contributed by atoms with Gasteiger partial charge in [0, 0.05) is 24.5 Å². The van der Waals surface area contributed by atoms with Crippen LogP contribution in [0.4, 0.5) is 4.39 Å². The fraction of sp³-hybridized carbons (Fsp3) is 0.130. The highest BCUT2D eigenvalue weighted by Crippen LogP contribution is 2.25. The lowest BCUT2D eigenvalue weighted by Gasteiger charge is -2.16. The Balaban J connectivity index is 1.69. The molecule has 3 heteroatoms. The fourth-order valence-electron chi connectivity index (χ4n) is 3.25. The molecule has 0 atom stereocenters. The maximum Gasteiger partial charge on any atom is 0.123 e. The zero-order chi connectivity index (χ0) is 17.8. The molecule has 0 saturated carbocycles. The number of benzene rings is 2. The molecular formula is C23H19FN2. The van der Waals surface area contributed by atoms with Crippen molar-refractivity contribution in [2.75, 3.05) is 6.54 Å². The zero-order valence-electron chi connectivity index (χ0n) is 14.4. The van der Waals surface area contributed by atoms with Gasteiger partial charge in [0.25, 0.3) is 0 Å². The number of rotatable bonds is 3. The van der Waals surface area contributed by atoms with Gasteiger partial charge in [-0.1, -0.05) is 30.3 Å². The Morgan fingerprint density at radius 1 is 0.885 bits per heavy atom. The van der Waals surface area contributed by atoms with Crippen LogP contribution < -0.4 is 0 Å². The van der Waals surface area contributed by atoms with E-state index in [1.807, 2.05) is 36.5 Å². The van der Waals surface area contributed by atoms with E-state index in [-0.39, 0.29) is 5.82 Å². The van der Waals surface area contributed by atoms with E-state index in [1.165, 1.54) is 17.7 Å². The molecular weight excluding hydrogens is 323 g/mol. The summed E-state index contributed by atoms with van der Waals surface area (Å²) in [6.07, 6.45) is 7.93. The van der Waals surface area contributed by atoms with Gasteiger partial charge in [0.15, 0.2) is 0 Å². The second-order valence-electron chi connectivity index (χ2n) is 6.38. The monoisotopic (exact) mass is 342 g/mol. The maximum absolute atomic E-state index is 13.2. The molecule has 1 aromatic heterocycles. The summed E-state index contributed by atoms with van der Waals surface area (Å²) in [5, 5.41) is 0. The lowest BCUT2D eigenvalue weighted by atomic mass is 9.94. The van der Waals surface area contributed by atoms with Crippen LogP contribution in [-0.4, -0.2) is 17.2 Å². The average Bonchev–Trinajstić information content (AvgIpc) is 2.70. The minimum absolute atomic E-state index is 0.216. The van der Waals surface area contributed by atoms with Gasteiger partial charge in [-0.3, -0.25) is 9.98 Å². The molecule has 0 spiro atoms. The first kappa shape index (κ1) is 16.4. The summed E-state index contributed by atoms with van der Waals surface area (Å²) in [5.74, 6) is -0.216. The lowest BCUT2D eigenvalue weighted by Crippen LogP contribution is -2.11. The van der Waals surface area contributed by atoms with Crippen molar-refractivity contribution in [2.24, 2.45) is 4.99 Å². The molecule has 4 rings (SSSR count). The van der Waals surface area contributed by atoms with Crippen molar-refractivity contribution in [1.82, 2.24) is 4.98 Å². The Labute approximate surface area is 152 Å². The first-order chi connectivity index (χ1) is 12.8. The normalized spacial score (nSPS) is 15.7.